The Hall–Kier alpha value is -4.51. The largest absolute Gasteiger partial charge is 0.493 e. The number of hydrogen-bond donors (Lipinski definition) is 3. The third kappa shape index (κ3) is 6.88. The van der Waals surface area contributed by atoms with E-state index in [1.807, 2.05) is 4.90 Å². The van der Waals surface area contributed by atoms with E-state index in [1.54, 1.807) is 49.0 Å². The molecule has 0 unspecified atom stereocenters. The van der Waals surface area contributed by atoms with Gasteiger partial charge in [0.25, 0.3) is 11.8 Å². The Morgan fingerprint density at radius 2 is 1.77 bits per heavy atom. The monoisotopic (exact) mass is 535 g/mol. The zero-order valence-corrected chi connectivity index (χ0v) is 21.7. The van der Waals surface area contributed by atoms with Crippen molar-refractivity contribution < 1.29 is 28.7 Å². The highest BCUT2D eigenvalue weighted by atomic mass is 19.1. The van der Waals surface area contributed by atoms with E-state index in [-0.39, 0.29) is 17.4 Å². The van der Waals surface area contributed by atoms with Crippen LogP contribution in [0.3, 0.4) is 0 Å². The molecule has 11 heteroatoms. The number of carbonyl (C=O) groups excluding carboxylic acids is 2. The molecule has 1 aliphatic rings. The normalized spacial score (nSPS) is 14.1. The molecule has 2 heterocycles. The van der Waals surface area contributed by atoms with Crippen molar-refractivity contribution in [2.75, 3.05) is 38.8 Å². The van der Waals surface area contributed by atoms with Gasteiger partial charge in [0.05, 0.1) is 19.8 Å². The first-order valence-electron chi connectivity index (χ1n) is 12.4. The van der Waals surface area contributed by atoms with Gasteiger partial charge in [0.2, 0.25) is 5.95 Å². The van der Waals surface area contributed by atoms with E-state index in [4.69, 9.17) is 14.7 Å². The summed E-state index contributed by atoms with van der Waals surface area (Å²) in [5.41, 5.74) is 3.22. The fourth-order valence-electron chi connectivity index (χ4n) is 4.38. The SMILES string of the molecule is COc1ccc(/C=C(/C(=O)NCC2CCN(c3ncc(C(=O)NO)cn3)CC2)c2cccc(F)c2)cc1OC. The number of hydroxylamine groups is 1. The van der Waals surface area contributed by atoms with Crippen molar-refractivity contribution in [3.05, 3.63) is 77.4 Å². The predicted octanol–water partition coefficient (Wildman–Crippen LogP) is 3.33. The van der Waals surface area contributed by atoms with Gasteiger partial charge in [0.1, 0.15) is 5.82 Å². The van der Waals surface area contributed by atoms with Crippen LogP contribution in [0.25, 0.3) is 11.6 Å². The number of nitrogens with zero attached hydrogens (tertiary/aromatic N) is 3. The number of methoxy groups -OCH3 is 2. The molecule has 0 radical (unpaired) electrons. The number of piperidine rings is 1. The Balaban J connectivity index is 1.42. The molecule has 0 atom stereocenters. The van der Waals surface area contributed by atoms with Crippen LogP contribution in [0.4, 0.5) is 10.3 Å². The van der Waals surface area contributed by atoms with Gasteiger partial charge in [0.15, 0.2) is 11.5 Å². The molecular weight excluding hydrogens is 505 g/mol. The molecule has 0 bridgehead atoms. The van der Waals surface area contributed by atoms with Crippen molar-refractivity contribution in [3.8, 4) is 11.5 Å². The maximum Gasteiger partial charge on any atom is 0.277 e. The summed E-state index contributed by atoms with van der Waals surface area (Å²) in [6.07, 6.45) is 6.03. The maximum absolute atomic E-state index is 14.0. The highest BCUT2D eigenvalue weighted by Gasteiger charge is 2.23. The molecule has 0 spiro atoms. The van der Waals surface area contributed by atoms with Gasteiger partial charge in [-0.1, -0.05) is 18.2 Å². The molecule has 2 aromatic carbocycles. The van der Waals surface area contributed by atoms with Crippen LogP contribution in [0.1, 0.15) is 34.3 Å². The Bertz CT molecular complexity index is 1340. The number of nitrogens with one attached hydrogen (secondary N) is 2. The number of carbonyl (C=O) groups is 2. The summed E-state index contributed by atoms with van der Waals surface area (Å²) in [6, 6.07) is 11.2. The molecule has 1 fully saturated rings. The van der Waals surface area contributed by atoms with Crippen molar-refractivity contribution in [1.29, 1.82) is 0 Å². The highest BCUT2D eigenvalue weighted by molar-refractivity contribution is 6.24. The minimum atomic E-state index is -0.672. The lowest BCUT2D eigenvalue weighted by Crippen LogP contribution is -2.39. The van der Waals surface area contributed by atoms with Gasteiger partial charge >= 0.3 is 0 Å². The van der Waals surface area contributed by atoms with E-state index in [1.165, 1.54) is 31.6 Å². The highest BCUT2D eigenvalue weighted by Crippen LogP contribution is 2.30. The number of rotatable bonds is 9. The Labute approximate surface area is 225 Å². The fraction of sp³-hybridized carbons (Fsp3) is 0.286. The predicted molar refractivity (Wildman–Crippen MR) is 143 cm³/mol. The lowest BCUT2D eigenvalue weighted by atomic mass is 9.96. The van der Waals surface area contributed by atoms with E-state index in [9.17, 15) is 14.0 Å². The summed E-state index contributed by atoms with van der Waals surface area (Å²) in [5, 5.41) is 11.7. The van der Waals surface area contributed by atoms with E-state index in [0.717, 1.165) is 12.8 Å². The van der Waals surface area contributed by atoms with E-state index in [0.29, 0.717) is 53.8 Å². The molecule has 10 nitrogen and oxygen atoms in total. The Morgan fingerprint density at radius 3 is 2.41 bits per heavy atom. The van der Waals surface area contributed by atoms with E-state index < -0.39 is 11.7 Å². The second kappa shape index (κ2) is 12.8. The topological polar surface area (TPSA) is 126 Å². The van der Waals surface area contributed by atoms with Gasteiger partial charge in [0, 0.05) is 37.6 Å². The van der Waals surface area contributed by atoms with Gasteiger partial charge < -0.3 is 19.7 Å². The third-order valence-corrected chi connectivity index (χ3v) is 6.55. The molecule has 1 aromatic heterocycles. The minimum absolute atomic E-state index is 0.161. The first kappa shape index (κ1) is 27.5. The second-order valence-corrected chi connectivity index (χ2v) is 9.04. The first-order valence-corrected chi connectivity index (χ1v) is 12.4. The number of benzene rings is 2. The first-order chi connectivity index (χ1) is 18.9. The number of aromatic nitrogens is 2. The lowest BCUT2D eigenvalue weighted by Gasteiger charge is -2.32. The second-order valence-electron chi connectivity index (χ2n) is 9.04. The van der Waals surface area contributed by atoms with Gasteiger partial charge in [-0.2, -0.15) is 0 Å². The summed E-state index contributed by atoms with van der Waals surface area (Å²) in [6.45, 7) is 1.83. The fourth-order valence-corrected chi connectivity index (χ4v) is 4.38. The van der Waals surface area contributed by atoms with Crippen LogP contribution in [0.15, 0.2) is 54.9 Å². The van der Waals surface area contributed by atoms with Crippen molar-refractivity contribution in [2.45, 2.75) is 12.8 Å². The van der Waals surface area contributed by atoms with Gasteiger partial charge in [-0.25, -0.2) is 19.8 Å². The number of amides is 2. The van der Waals surface area contributed by atoms with E-state index in [2.05, 4.69) is 15.3 Å². The average Bonchev–Trinajstić information content (AvgIpc) is 2.98. The van der Waals surface area contributed by atoms with Crippen molar-refractivity contribution in [3.63, 3.8) is 0 Å². The minimum Gasteiger partial charge on any atom is -0.493 e. The van der Waals surface area contributed by atoms with Crippen molar-refractivity contribution in [2.24, 2.45) is 5.92 Å². The van der Waals surface area contributed by atoms with Gasteiger partial charge in [-0.15, -0.1) is 0 Å². The summed E-state index contributed by atoms with van der Waals surface area (Å²) in [4.78, 5) is 35.2. The summed E-state index contributed by atoms with van der Waals surface area (Å²) < 4.78 is 24.7. The molecule has 3 N–H and O–H groups in total. The smallest absolute Gasteiger partial charge is 0.277 e. The molecule has 1 saturated heterocycles. The molecule has 1 aliphatic heterocycles. The zero-order chi connectivity index (χ0) is 27.8. The van der Waals surface area contributed by atoms with Crippen LogP contribution >= 0.6 is 0 Å². The van der Waals surface area contributed by atoms with Crippen LogP contribution < -0.4 is 25.2 Å². The van der Waals surface area contributed by atoms with Crippen LogP contribution in [0.5, 0.6) is 11.5 Å². The molecule has 3 aromatic rings. The molecule has 39 heavy (non-hydrogen) atoms. The van der Waals surface area contributed by atoms with Crippen LogP contribution in [0, 0.1) is 11.7 Å². The standard InChI is InChI=1S/C28H30FN5O5/c1-38-24-7-6-19(13-25(24)39-2)12-23(20-4-3-5-22(29)14-20)27(36)30-15-18-8-10-34(11-9-18)28-31-16-21(17-32-28)26(35)33-37/h3-7,12-14,16-18,37H,8-11,15H2,1-2H3,(H,30,36)(H,33,35)/b23-12+. The molecule has 0 aliphatic carbocycles. The molecule has 0 saturated carbocycles. The molecular formula is C28H30FN5O5. The quantitative estimate of drug-likeness (QED) is 0.165. The van der Waals surface area contributed by atoms with Crippen LogP contribution in [-0.4, -0.2) is 60.8 Å². The third-order valence-electron chi connectivity index (χ3n) is 6.55. The van der Waals surface area contributed by atoms with Gasteiger partial charge in [-0.05, 0) is 60.2 Å². The van der Waals surface area contributed by atoms with Gasteiger partial charge in [-0.3, -0.25) is 14.8 Å². The number of halogens is 1. The molecule has 4 rings (SSSR count). The summed E-state index contributed by atoms with van der Waals surface area (Å²) >= 11 is 0. The number of anilines is 1. The summed E-state index contributed by atoms with van der Waals surface area (Å²) in [7, 11) is 3.08. The van der Waals surface area contributed by atoms with Crippen molar-refractivity contribution >= 4 is 29.4 Å². The molecule has 2 amide bonds. The lowest BCUT2D eigenvalue weighted by molar-refractivity contribution is -0.115. The average molecular weight is 536 g/mol. The Morgan fingerprint density at radius 1 is 1.05 bits per heavy atom. The number of hydrogen-bond acceptors (Lipinski definition) is 8. The van der Waals surface area contributed by atoms with Crippen LogP contribution in [0.2, 0.25) is 0 Å². The van der Waals surface area contributed by atoms with Crippen molar-refractivity contribution in [1.82, 2.24) is 20.8 Å². The van der Waals surface area contributed by atoms with Crippen LogP contribution in [-0.2, 0) is 4.79 Å². The number of ether oxygens (including phenoxy) is 2. The zero-order valence-electron chi connectivity index (χ0n) is 21.7. The summed E-state index contributed by atoms with van der Waals surface area (Å²) in [5.74, 6) is 0.408. The Kier molecular flexibility index (Phi) is 9.06. The maximum atomic E-state index is 14.0. The van der Waals surface area contributed by atoms with E-state index >= 15 is 0 Å². The molecule has 204 valence electrons.